The van der Waals surface area contributed by atoms with Gasteiger partial charge in [0, 0.05) is 5.41 Å². The summed E-state index contributed by atoms with van der Waals surface area (Å²) in [6, 6.07) is 34.4. The van der Waals surface area contributed by atoms with Crippen molar-refractivity contribution in [3.8, 4) is 11.5 Å². The van der Waals surface area contributed by atoms with Crippen molar-refractivity contribution in [2.75, 3.05) is 0 Å². The van der Waals surface area contributed by atoms with Gasteiger partial charge in [-0.15, -0.1) is 0 Å². The molecule has 2 aliphatic rings. The lowest BCUT2D eigenvalue weighted by Crippen LogP contribution is -2.27. The fourth-order valence-corrected chi connectivity index (χ4v) is 6.97. The maximum atomic E-state index is 6.31. The molecular formula is C35H36O2. The van der Waals surface area contributed by atoms with Gasteiger partial charge < -0.3 is 9.47 Å². The Morgan fingerprint density at radius 2 is 0.919 bits per heavy atom. The van der Waals surface area contributed by atoms with E-state index < -0.39 is 0 Å². The highest BCUT2D eigenvalue weighted by atomic mass is 16.5. The van der Waals surface area contributed by atoms with Gasteiger partial charge in [-0.25, -0.2) is 0 Å². The van der Waals surface area contributed by atoms with Gasteiger partial charge in [0.05, 0.1) is 0 Å². The van der Waals surface area contributed by atoms with Crippen LogP contribution in [-0.4, -0.2) is 0 Å². The summed E-state index contributed by atoms with van der Waals surface area (Å²) in [5.41, 5.74) is 8.24. The maximum Gasteiger partial charge on any atom is 0.120 e. The molecule has 188 valence electrons. The molecule has 0 saturated heterocycles. The predicted molar refractivity (Wildman–Crippen MR) is 150 cm³/mol. The normalized spacial score (nSPS) is 17.8. The molecule has 0 fully saturated rings. The van der Waals surface area contributed by atoms with E-state index in [0.717, 1.165) is 24.3 Å². The smallest absolute Gasteiger partial charge is 0.120 e. The molecule has 4 aromatic rings. The minimum Gasteiger partial charge on any atom is -0.489 e. The van der Waals surface area contributed by atoms with E-state index in [-0.39, 0.29) is 16.2 Å². The lowest BCUT2D eigenvalue weighted by molar-refractivity contribution is 0.303. The van der Waals surface area contributed by atoms with Gasteiger partial charge in [-0.3, -0.25) is 0 Å². The number of hydrogen-bond acceptors (Lipinski definition) is 2. The molecular weight excluding hydrogens is 452 g/mol. The maximum absolute atomic E-state index is 6.31. The van der Waals surface area contributed by atoms with E-state index in [1.165, 1.54) is 33.4 Å². The van der Waals surface area contributed by atoms with E-state index in [1.54, 1.807) is 0 Å². The van der Waals surface area contributed by atoms with Crippen LogP contribution in [0.3, 0.4) is 0 Å². The summed E-state index contributed by atoms with van der Waals surface area (Å²) >= 11 is 0. The summed E-state index contributed by atoms with van der Waals surface area (Å²) in [6.45, 7) is 10.7. The number of fused-ring (bicyclic) bond motifs is 4. The summed E-state index contributed by atoms with van der Waals surface area (Å²) < 4.78 is 12.6. The molecule has 0 atom stereocenters. The standard InChI is InChI=1S/C35H36O2/c1-33(2)23-35(31-19-27(15-17-29(31)33)36-21-25-11-7-5-8-12-25)24-34(3,4)30-18-16-28(20-32(30)35)37-22-26-13-9-6-10-14-26/h5-20H,21-24H2,1-4H3. The number of ether oxygens (including phenoxy) is 2. The zero-order valence-electron chi connectivity index (χ0n) is 22.4. The number of benzene rings is 4. The second-order valence-electron chi connectivity index (χ2n) is 12.2. The van der Waals surface area contributed by atoms with Crippen molar-refractivity contribution in [1.29, 1.82) is 0 Å². The van der Waals surface area contributed by atoms with Crippen LogP contribution in [0.2, 0.25) is 0 Å². The SMILES string of the molecule is CC1(C)CC2(CC(C)(C)c3ccc(OCc4ccccc4)cc32)c2cc(OCc3ccccc3)ccc21. The molecule has 0 aliphatic heterocycles. The van der Waals surface area contributed by atoms with Crippen LogP contribution in [-0.2, 0) is 29.5 Å². The van der Waals surface area contributed by atoms with Crippen LogP contribution in [0.4, 0.5) is 0 Å². The fourth-order valence-electron chi connectivity index (χ4n) is 6.97. The van der Waals surface area contributed by atoms with E-state index in [9.17, 15) is 0 Å². The van der Waals surface area contributed by atoms with Crippen LogP contribution in [0, 0.1) is 0 Å². The summed E-state index contributed by atoms with van der Waals surface area (Å²) in [5, 5.41) is 0. The minimum atomic E-state index is -0.0457. The van der Waals surface area contributed by atoms with E-state index in [0.29, 0.717) is 13.2 Å². The molecule has 0 unspecified atom stereocenters. The Morgan fingerprint density at radius 3 is 1.32 bits per heavy atom. The summed E-state index contributed by atoms with van der Waals surface area (Å²) in [6.07, 6.45) is 2.19. The Labute approximate surface area is 221 Å². The lowest BCUT2D eigenvalue weighted by Gasteiger charge is -2.30. The average molecular weight is 489 g/mol. The number of rotatable bonds is 6. The van der Waals surface area contributed by atoms with Crippen molar-refractivity contribution in [3.05, 3.63) is 130 Å². The molecule has 0 amide bonds. The van der Waals surface area contributed by atoms with Crippen molar-refractivity contribution >= 4 is 0 Å². The third-order valence-corrected chi connectivity index (χ3v) is 8.46. The third-order valence-electron chi connectivity index (χ3n) is 8.46. The van der Waals surface area contributed by atoms with Gasteiger partial charge in [-0.05, 0) is 81.3 Å². The molecule has 2 heteroatoms. The van der Waals surface area contributed by atoms with E-state index in [2.05, 4.69) is 113 Å². The third kappa shape index (κ3) is 4.23. The van der Waals surface area contributed by atoms with Crippen molar-refractivity contribution in [2.24, 2.45) is 0 Å². The van der Waals surface area contributed by atoms with E-state index in [1.807, 2.05) is 12.1 Å². The summed E-state index contributed by atoms with van der Waals surface area (Å²) in [7, 11) is 0. The Balaban J connectivity index is 1.38. The second kappa shape index (κ2) is 8.80. The first-order chi connectivity index (χ1) is 17.8. The quantitative estimate of drug-likeness (QED) is 0.271. The van der Waals surface area contributed by atoms with Gasteiger partial charge in [0.1, 0.15) is 24.7 Å². The molecule has 0 aromatic heterocycles. The minimum absolute atomic E-state index is 0.0457. The van der Waals surface area contributed by atoms with Gasteiger partial charge in [-0.1, -0.05) is 100 Å². The van der Waals surface area contributed by atoms with Crippen LogP contribution in [0.1, 0.15) is 73.9 Å². The van der Waals surface area contributed by atoms with Crippen LogP contribution in [0.25, 0.3) is 0 Å². The topological polar surface area (TPSA) is 18.5 Å². The van der Waals surface area contributed by atoms with Gasteiger partial charge >= 0.3 is 0 Å². The predicted octanol–water partition coefficient (Wildman–Crippen LogP) is 8.49. The summed E-state index contributed by atoms with van der Waals surface area (Å²) in [5.74, 6) is 1.89. The molecule has 0 bridgehead atoms. The summed E-state index contributed by atoms with van der Waals surface area (Å²) in [4.78, 5) is 0. The van der Waals surface area contributed by atoms with Crippen molar-refractivity contribution in [3.63, 3.8) is 0 Å². The van der Waals surface area contributed by atoms with Gasteiger partial charge in [0.2, 0.25) is 0 Å². The molecule has 4 aromatic carbocycles. The van der Waals surface area contributed by atoms with E-state index >= 15 is 0 Å². The Kier molecular flexibility index (Phi) is 5.67. The first-order valence-corrected chi connectivity index (χ1v) is 13.4. The molecule has 37 heavy (non-hydrogen) atoms. The molecule has 2 aliphatic carbocycles. The van der Waals surface area contributed by atoms with E-state index in [4.69, 9.17) is 9.47 Å². The van der Waals surface area contributed by atoms with Crippen LogP contribution < -0.4 is 9.47 Å². The largest absolute Gasteiger partial charge is 0.489 e. The molecule has 1 spiro atoms. The van der Waals surface area contributed by atoms with Gasteiger partial charge in [0.25, 0.3) is 0 Å². The molecule has 0 heterocycles. The fraction of sp³-hybridized carbons (Fsp3) is 0.314. The highest BCUT2D eigenvalue weighted by molar-refractivity contribution is 5.61. The zero-order chi connectivity index (χ0) is 25.7. The highest BCUT2D eigenvalue weighted by Crippen LogP contribution is 2.63. The van der Waals surface area contributed by atoms with Crippen LogP contribution >= 0.6 is 0 Å². The highest BCUT2D eigenvalue weighted by Gasteiger charge is 2.56. The Morgan fingerprint density at radius 1 is 0.514 bits per heavy atom. The van der Waals surface area contributed by atoms with Crippen LogP contribution in [0.5, 0.6) is 11.5 Å². The first kappa shape index (κ1) is 23.9. The van der Waals surface area contributed by atoms with Gasteiger partial charge in [-0.2, -0.15) is 0 Å². The molecule has 0 N–H and O–H groups in total. The Hall–Kier alpha value is -3.52. The van der Waals surface area contributed by atoms with Crippen LogP contribution in [0.15, 0.2) is 97.1 Å². The van der Waals surface area contributed by atoms with Crippen molar-refractivity contribution in [1.82, 2.24) is 0 Å². The second-order valence-corrected chi connectivity index (χ2v) is 12.2. The molecule has 0 radical (unpaired) electrons. The molecule has 2 nitrogen and oxygen atoms in total. The number of hydrogen-bond donors (Lipinski definition) is 0. The zero-order valence-corrected chi connectivity index (χ0v) is 22.4. The monoisotopic (exact) mass is 488 g/mol. The van der Waals surface area contributed by atoms with Gasteiger partial charge in [0.15, 0.2) is 0 Å². The van der Waals surface area contributed by atoms with Crippen molar-refractivity contribution in [2.45, 2.75) is 70.0 Å². The lowest BCUT2D eigenvalue weighted by atomic mass is 9.72. The van der Waals surface area contributed by atoms with Crippen molar-refractivity contribution < 1.29 is 9.47 Å². The average Bonchev–Trinajstić information content (AvgIpc) is 3.26. The first-order valence-electron chi connectivity index (χ1n) is 13.4. The molecule has 6 rings (SSSR count). The Bertz CT molecular complexity index is 1310. The molecule has 0 saturated carbocycles.